The van der Waals surface area contributed by atoms with Gasteiger partial charge < -0.3 is 5.32 Å². The van der Waals surface area contributed by atoms with E-state index in [0.29, 0.717) is 5.56 Å². The fraction of sp³-hybridized carbons (Fsp3) is 0.154. The van der Waals surface area contributed by atoms with Gasteiger partial charge in [-0.25, -0.2) is 9.37 Å². The topological polar surface area (TPSA) is 24.9 Å². The van der Waals surface area contributed by atoms with E-state index in [1.165, 1.54) is 24.4 Å². The summed E-state index contributed by atoms with van der Waals surface area (Å²) >= 11 is 2.95. The van der Waals surface area contributed by atoms with Gasteiger partial charge in [0.15, 0.2) is 0 Å². The van der Waals surface area contributed by atoms with E-state index in [4.69, 9.17) is 0 Å². The molecule has 0 radical (unpaired) electrons. The Balaban J connectivity index is 2.21. The number of rotatable bonds is 3. The summed E-state index contributed by atoms with van der Waals surface area (Å²) in [5.74, 6) is -0.728. The lowest BCUT2D eigenvalue weighted by atomic mass is 10.2. The van der Waals surface area contributed by atoms with E-state index < -0.39 is 17.6 Å². The number of aromatic nitrogens is 1. The molecule has 7 heteroatoms. The summed E-state index contributed by atoms with van der Waals surface area (Å²) in [6.07, 6.45) is -3.25. The average molecular weight is 349 g/mol. The van der Waals surface area contributed by atoms with E-state index in [0.717, 1.165) is 6.07 Å². The smallest absolute Gasteiger partial charge is 0.365 e. The van der Waals surface area contributed by atoms with E-state index >= 15 is 0 Å². The van der Waals surface area contributed by atoms with Crippen molar-refractivity contribution in [2.45, 2.75) is 12.7 Å². The van der Waals surface area contributed by atoms with Gasteiger partial charge in [0.2, 0.25) is 0 Å². The molecule has 2 nitrogen and oxygen atoms in total. The highest BCUT2D eigenvalue weighted by atomic mass is 79.9. The molecule has 106 valence electrons. The van der Waals surface area contributed by atoms with Crippen molar-refractivity contribution >= 4 is 21.7 Å². The molecular weight excluding hydrogens is 340 g/mol. The molecule has 1 heterocycles. The number of halogens is 5. The van der Waals surface area contributed by atoms with Crippen LogP contribution in [0.15, 0.2) is 41.0 Å². The molecule has 20 heavy (non-hydrogen) atoms. The summed E-state index contributed by atoms with van der Waals surface area (Å²) in [6, 6.07) is 6.57. The molecule has 0 saturated carbocycles. The van der Waals surface area contributed by atoms with Gasteiger partial charge in [-0.05, 0) is 39.7 Å². The zero-order valence-corrected chi connectivity index (χ0v) is 11.6. The minimum absolute atomic E-state index is 0.0511. The number of nitrogens with zero attached hydrogens (tertiary/aromatic N) is 1. The summed E-state index contributed by atoms with van der Waals surface area (Å²) in [7, 11) is 0. The summed E-state index contributed by atoms with van der Waals surface area (Å²) in [5, 5.41) is 2.57. The fourth-order valence-corrected chi connectivity index (χ4v) is 1.96. The van der Waals surface area contributed by atoms with Gasteiger partial charge in [0.25, 0.3) is 0 Å². The highest BCUT2D eigenvalue weighted by Gasteiger charge is 2.34. The van der Waals surface area contributed by atoms with Crippen molar-refractivity contribution in [1.82, 2.24) is 4.98 Å². The van der Waals surface area contributed by atoms with Crippen LogP contribution in [0.5, 0.6) is 0 Å². The molecule has 0 unspecified atom stereocenters. The molecule has 0 aliphatic carbocycles. The van der Waals surface area contributed by atoms with Gasteiger partial charge in [0.05, 0.1) is 5.56 Å². The third-order valence-electron chi connectivity index (χ3n) is 2.51. The SMILES string of the molecule is Fc1cccc(CNc2ncc(Br)cc2C(F)(F)F)c1. The van der Waals surface area contributed by atoms with Crippen LogP contribution in [-0.4, -0.2) is 4.98 Å². The molecule has 0 saturated heterocycles. The number of hydrogen-bond donors (Lipinski definition) is 1. The van der Waals surface area contributed by atoms with Crippen LogP contribution in [0.3, 0.4) is 0 Å². The summed E-state index contributed by atoms with van der Waals surface area (Å²) in [6.45, 7) is 0.0511. The third-order valence-corrected chi connectivity index (χ3v) is 2.94. The first-order valence-electron chi connectivity index (χ1n) is 5.57. The zero-order valence-electron chi connectivity index (χ0n) is 10.0. The van der Waals surface area contributed by atoms with Crippen LogP contribution in [0.4, 0.5) is 23.4 Å². The highest BCUT2D eigenvalue weighted by molar-refractivity contribution is 9.10. The minimum atomic E-state index is -4.51. The molecule has 0 atom stereocenters. The second-order valence-electron chi connectivity index (χ2n) is 4.03. The van der Waals surface area contributed by atoms with Gasteiger partial charge in [-0.15, -0.1) is 0 Å². The lowest BCUT2D eigenvalue weighted by Gasteiger charge is -2.14. The van der Waals surface area contributed by atoms with E-state index in [1.54, 1.807) is 6.07 Å². The molecule has 0 aliphatic heterocycles. The van der Waals surface area contributed by atoms with Crippen LogP contribution in [0.1, 0.15) is 11.1 Å². The van der Waals surface area contributed by atoms with Crippen molar-refractivity contribution < 1.29 is 17.6 Å². The van der Waals surface area contributed by atoms with Crippen LogP contribution >= 0.6 is 15.9 Å². The predicted molar refractivity (Wildman–Crippen MR) is 70.7 cm³/mol. The first-order valence-corrected chi connectivity index (χ1v) is 6.36. The monoisotopic (exact) mass is 348 g/mol. The van der Waals surface area contributed by atoms with Crippen LogP contribution in [0, 0.1) is 5.82 Å². The molecule has 1 aromatic carbocycles. The maximum absolute atomic E-state index is 13.0. The summed E-state index contributed by atoms with van der Waals surface area (Å²) < 4.78 is 51.8. The third kappa shape index (κ3) is 3.69. The Kier molecular flexibility index (Phi) is 4.27. The quantitative estimate of drug-likeness (QED) is 0.819. The summed E-state index contributed by atoms with van der Waals surface area (Å²) in [5.41, 5.74) is -0.342. The van der Waals surface area contributed by atoms with Crippen molar-refractivity contribution in [2.75, 3.05) is 5.32 Å². The van der Waals surface area contributed by atoms with Gasteiger partial charge in [-0.3, -0.25) is 0 Å². The van der Waals surface area contributed by atoms with Crippen LogP contribution in [0.25, 0.3) is 0 Å². The van der Waals surface area contributed by atoms with Gasteiger partial charge in [-0.1, -0.05) is 12.1 Å². The number of benzene rings is 1. The highest BCUT2D eigenvalue weighted by Crippen LogP contribution is 2.35. The van der Waals surface area contributed by atoms with Gasteiger partial charge >= 0.3 is 6.18 Å². The molecule has 1 aromatic heterocycles. The Labute approximate surface area is 121 Å². The Morgan fingerprint density at radius 2 is 1.95 bits per heavy atom. The van der Waals surface area contributed by atoms with Crippen molar-refractivity contribution in [3.05, 3.63) is 57.9 Å². The number of hydrogen-bond acceptors (Lipinski definition) is 2. The standard InChI is InChI=1S/C13H9BrF4N2/c14-9-5-11(13(16,17)18)12(20-7-9)19-6-8-2-1-3-10(15)4-8/h1-5,7H,6H2,(H,19,20). The molecular formula is C13H9BrF4N2. The number of alkyl halides is 3. The Hall–Kier alpha value is -1.63. The van der Waals surface area contributed by atoms with E-state index in [-0.39, 0.29) is 16.8 Å². The maximum Gasteiger partial charge on any atom is 0.419 e. The number of pyridine rings is 1. The second-order valence-corrected chi connectivity index (χ2v) is 4.95. The lowest BCUT2D eigenvalue weighted by molar-refractivity contribution is -0.137. The van der Waals surface area contributed by atoms with Crippen molar-refractivity contribution in [3.8, 4) is 0 Å². The Bertz CT molecular complexity index is 614. The zero-order chi connectivity index (χ0) is 14.8. The van der Waals surface area contributed by atoms with E-state index in [2.05, 4.69) is 26.2 Å². The first-order chi connectivity index (χ1) is 9.36. The molecule has 2 aromatic rings. The first kappa shape index (κ1) is 14.8. The Morgan fingerprint density at radius 3 is 2.60 bits per heavy atom. The minimum Gasteiger partial charge on any atom is -0.365 e. The maximum atomic E-state index is 13.0. The van der Waals surface area contributed by atoms with Crippen LogP contribution in [-0.2, 0) is 12.7 Å². The lowest BCUT2D eigenvalue weighted by Crippen LogP contribution is -2.12. The van der Waals surface area contributed by atoms with Crippen molar-refractivity contribution in [3.63, 3.8) is 0 Å². The summed E-state index contributed by atoms with van der Waals surface area (Å²) in [4.78, 5) is 3.71. The van der Waals surface area contributed by atoms with Gasteiger partial charge in [0.1, 0.15) is 11.6 Å². The predicted octanol–water partition coefficient (Wildman–Crippen LogP) is 4.61. The van der Waals surface area contributed by atoms with Crippen molar-refractivity contribution in [2.24, 2.45) is 0 Å². The van der Waals surface area contributed by atoms with Gasteiger partial charge in [0, 0.05) is 17.2 Å². The molecule has 0 spiro atoms. The normalized spacial score (nSPS) is 11.4. The van der Waals surface area contributed by atoms with Crippen LogP contribution < -0.4 is 5.32 Å². The molecule has 0 fully saturated rings. The molecule has 0 aliphatic rings. The largest absolute Gasteiger partial charge is 0.419 e. The molecule has 2 rings (SSSR count). The number of nitrogens with one attached hydrogen (secondary N) is 1. The second kappa shape index (κ2) is 5.78. The number of anilines is 1. The van der Waals surface area contributed by atoms with Gasteiger partial charge in [-0.2, -0.15) is 13.2 Å². The molecule has 0 amide bonds. The van der Waals surface area contributed by atoms with E-state index in [1.807, 2.05) is 0 Å². The average Bonchev–Trinajstić information content (AvgIpc) is 2.36. The van der Waals surface area contributed by atoms with Crippen molar-refractivity contribution in [1.29, 1.82) is 0 Å². The Morgan fingerprint density at radius 1 is 1.20 bits per heavy atom. The van der Waals surface area contributed by atoms with E-state index in [9.17, 15) is 17.6 Å². The molecule has 1 N–H and O–H groups in total. The fourth-order valence-electron chi connectivity index (χ4n) is 1.63. The molecule has 0 bridgehead atoms. The van der Waals surface area contributed by atoms with Crippen LogP contribution in [0.2, 0.25) is 0 Å².